The normalized spacial score (nSPS) is 14.9. The van der Waals surface area contributed by atoms with E-state index in [-0.39, 0.29) is 5.96 Å². The van der Waals surface area contributed by atoms with Gasteiger partial charge in [0, 0.05) is 0 Å². The van der Waals surface area contributed by atoms with Crippen molar-refractivity contribution in [2.45, 2.75) is 6.92 Å². The van der Waals surface area contributed by atoms with Crippen molar-refractivity contribution in [1.82, 2.24) is 10.6 Å². The average molecular weight is 211 g/mol. The molecular weight excluding hydrogens is 198 g/mol. The first-order valence-corrected chi connectivity index (χ1v) is 4.48. The summed E-state index contributed by atoms with van der Waals surface area (Å²) in [7, 11) is 0. The highest BCUT2D eigenvalue weighted by atomic mass is 16.5. The third-order valence-electron chi connectivity index (χ3n) is 1.52. The summed E-state index contributed by atoms with van der Waals surface area (Å²) in [5.41, 5.74) is 0.935. The van der Waals surface area contributed by atoms with Crippen LogP contribution >= 0.6 is 0 Å². The van der Waals surface area contributed by atoms with Crippen molar-refractivity contribution in [2.24, 2.45) is 4.99 Å². The number of guanidine groups is 1. The number of nitrogens with zero attached hydrogens (tertiary/aromatic N) is 1. The molecule has 82 valence electrons. The maximum Gasteiger partial charge on any atom is 0.316 e. The first-order chi connectivity index (χ1) is 7.09. The Morgan fingerprint density at radius 2 is 2.00 bits per heavy atom. The standard InChI is InChI=1S/C9H13N3O3/c1-6(2)5-15-4-3-10-9-11-7(13)8(14)12-9/h1,3-5H2,2H3,(H2,10,11,12,13,14). The molecule has 0 aromatic heterocycles. The second-order valence-corrected chi connectivity index (χ2v) is 3.15. The number of aliphatic imine (C=N–C) groups is 1. The van der Waals surface area contributed by atoms with Crippen molar-refractivity contribution < 1.29 is 14.3 Å². The zero-order valence-electron chi connectivity index (χ0n) is 8.50. The minimum atomic E-state index is -0.684. The fourth-order valence-electron chi connectivity index (χ4n) is 0.907. The molecule has 1 rings (SSSR count). The molecule has 2 N–H and O–H groups in total. The van der Waals surface area contributed by atoms with E-state index < -0.39 is 11.8 Å². The molecule has 1 heterocycles. The lowest BCUT2D eigenvalue weighted by atomic mass is 10.4. The summed E-state index contributed by atoms with van der Waals surface area (Å²) >= 11 is 0. The number of ether oxygens (including phenoxy) is 1. The van der Waals surface area contributed by atoms with Crippen LogP contribution in [-0.2, 0) is 14.3 Å². The zero-order valence-corrected chi connectivity index (χ0v) is 8.50. The van der Waals surface area contributed by atoms with E-state index in [1.54, 1.807) is 0 Å². The number of rotatable bonds is 5. The highest BCUT2D eigenvalue weighted by molar-refractivity contribution is 6.45. The van der Waals surface area contributed by atoms with E-state index in [4.69, 9.17) is 4.74 Å². The molecule has 6 nitrogen and oxygen atoms in total. The van der Waals surface area contributed by atoms with Crippen LogP contribution in [0.4, 0.5) is 0 Å². The van der Waals surface area contributed by atoms with Gasteiger partial charge in [-0.25, -0.2) is 0 Å². The van der Waals surface area contributed by atoms with Gasteiger partial charge >= 0.3 is 11.8 Å². The smallest absolute Gasteiger partial charge is 0.316 e. The lowest BCUT2D eigenvalue weighted by Gasteiger charge is -2.01. The molecule has 1 aliphatic rings. The lowest BCUT2D eigenvalue weighted by molar-refractivity contribution is -0.135. The first-order valence-electron chi connectivity index (χ1n) is 4.48. The molecule has 0 atom stereocenters. The first kappa shape index (κ1) is 11.4. The van der Waals surface area contributed by atoms with Crippen molar-refractivity contribution in [3.05, 3.63) is 12.2 Å². The summed E-state index contributed by atoms with van der Waals surface area (Å²) in [5, 5.41) is 4.56. The monoisotopic (exact) mass is 211 g/mol. The quantitative estimate of drug-likeness (QED) is 0.354. The molecule has 0 spiro atoms. The Labute approximate surface area is 87.4 Å². The number of hydrogen-bond acceptors (Lipinski definition) is 4. The van der Waals surface area contributed by atoms with Gasteiger partial charge in [-0.3, -0.25) is 25.2 Å². The molecule has 2 amide bonds. The molecule has 0 saturated carbocycles. The van der Waals surface area contributed by atoms with Crippen LogP contribution in [0.3, 0.4) is 0 Å². The largest absolute Gasteiger partial charge is 0.375 e. The minimum Gasteiger partial charge on any atom is -0.375 e. The Bertz CT molecular complexity index is 305. The average Bonchev–Trinajstić information content (AvgIpc) is 2.45. The third kappa shape index (κ3) is 3.90. The second kappa shape index (κ2) is 5.26. The van der Waals surface area contributed by atoms with Crippen LogP contribution in [0.2, 0.25) is 0 Å². The van der Waals surface area contributed by atoms with E-state index in [2.05, 4.69) is 22.2 Å². The molecule has 1 saturated heterocycles. The summed E-state index contributed by atoms with van der Waals surface area (Å²) in [6.07, 6.45) is 0. The number of carbonyl (C=O) groups is 2. The Morgan fingerprint density at radius 1 is 1.40 bits per heavy atom. The molecule has 0 aromatic carbocycles. The van der Waals surface area contributed by atoms with Crippen LogP contribution in [0.1, 0.15) is 6.92 Å². The predicted octanol–water partition coefficient (Wildman–Crippen LogP) is -0.819. The minimum absolute atomic E-state index is 0.184. The van der Waals surface area contributed by atoms with Gasteiger partial charge in [0.25, 0.3) is 0 Å². The third-order valence-corrected chi connectivity index (χ3v) is 1.52. The van der Waals surface area contributed by atoms with Gasteiger partial charge in [-0.05, 0) is 6.92 Å². The molecule has 0 bridgehead atoms. The Morgan fingerprint density at radius 3 is 2.53 bits per heavy atom. The molecule has 1 fully saturated rings. The molecule has 0 aliphatic carbocycles. The van der Waals surface area contributed by atoms with E-state index >= 15 is 0 Å². The van der Waals surface area contributed by atoms with E-state index in [0.29, 0.717) is 19.8 Å². The van der Waals surface area contributed by atoms with Gasteiger partial charge in [0.15, 0.2) is 0 Å². The highest BCUT2D eigenvalue weighted by Gasteiger charge is 2.24. The van der Waals surface area contributed by atoms with Crippen molar-refractivity contribution in [3.8, 4) is 0 Å². The van der Waals surface area contributed by atoms with Crippen LogP contribution in [0.5, 0.6) is 0 Å². The van der Waals surface area contributed by atoms with Crippen LogP contribution in [0.25, 0.3) is 0 Å². The molecule has 6 heteroatoms. The van der Waals surface area contributed by atoms with E-state index in [0.717, 1.165) is 5.57 Å². The molecular formula is C9H13N3O3. The SMILES string of the molecule is C=C(C)COCCN=C1NC(=O)C(=O)N1. The summed E-state index contributed by atoms with van der Waals surface area (Å²) in [6.45, 7) is 6.83. The van der Waals surface area contributed by atoms with Gasteiger partial charge in [0.2, 0.25) is 5.96 Å². The van der Waals surface area contributed by atoms with Crippen LogP contribution < -0.4 is 10.6 Å². The number of hydrogen-bond donors (Lipinski definition) is 2. The maximum absolute atomic E-state index is 10.7. The summed E-state index contributed by atoms with van der Waals surface area (Å²) < 4.78 is 5.18. The molecule has 1 aliphatic heterocycles. The number of amides is 2. The highest BCUT2D eigenvalue weighted by Crippen LogP contribution is 1.88. The molecule has 15 heavy (non-hydrogen) atoms. The topological polar surface area (TPSA) is 79.8 Å². The predicted molar refractivity (Wildman–Crippen MR) is 54.2 cm³/mol. The maximum atomic E-state index is 10.7. The summed E-state index contributed by atoms with van der Waals surface area (Å²) in [6, 6.07) is 0. The van der Waals surface area contributed by atoms with Gasteiger partial charge in [-0.1, -0.05) is 12.2 Å². The van der Waals surface area contributed by atoms with Crippen LogP contribution in [0, 0.1) is 0 Å². The second-order valence-electron chi connectivity index (χ2n) is 3.15. The van der Waals surface area contributed by atoms with Crippen molar-refractivity contribution in [3.63, 3.8) is 0 Å². The van der Waals surface area contributed by atoms with Crippen molar-refractivity contribution in [2.75, 3.05) is 19.8 Å². The number of carbonyl (C=O) groups excluding carboxylic acids is 2. The molecule has 0 unspecified atom stereocenters. The fourth-order valence-corrected chi connectivity index (χ4v) is 0.907. The van der Waals surface area contributed by atoms with Gasteiger partial charge in [0.1, 0.15) is 0 Å². The lowest BCUT2D eigenvalue weighted by Crippen LogP contribution is -2.26. The van der Waals surface area contributed by atoms with Crippen molar-refractivity contribution in [1.29, 1.82) is 0 Å². The van der Waals surface area contributed by atoms with Gasteiger partial charge in [0.05, 0.1) is 19.8 Å². The van der Waals surface area contributed by atoms with Gasteiger partial charge in [-0.15, -0.1) is 0 Å². The number of nitrogens with one attached hydrogen (secondary N) is 2. The van der Waals surface area contributed by atoms with Crippen LogP contribution in [0.15, 0.2) is 17.1 Å². The van der Waals surface area contributed by atoms with E-state index in [1.807, 2.05) is 6.92 Å². The van der Waals surface area contributed by atoms with Crippen LogP contribution in [-0.4, -0.2) is 37.5 Å². The fraction of sp³-hybridized carbons (Fsp3) is 0.444. The van der Waals surface area contributed by atoms with Gasteiger partial charge in [-0.2, -0.15) is 0 Å². The Balaban J connectivity index is 2.19. The van der Waals surface area contributed by atoms with Gasteiger partial charge < -0.3 is 4.74 Å². The summed E-state index contributed by atoms with van der Waals surface area (Å²) in [5.74, 6) is -1.18. The molecule has 0 aromatic rings. The molecule has 0 radical (unpaired) electrons. The van der Waals surface area contributed by atoms with E-state index in [9.17, 15) is 9.59 Å². The van der Waals surface area contributed by atoms with Crippen molar-refractivity contribution >= 4 is 17.8 Å². The zero-order chi connectivity index (χ0) is 11.3. The Kier molecular flexibility index (Phi) is 3.99. The van der Waals surface area contributed by atoms with E-state index in [1.165, 1.54) is 0 Å². The Hall–Kier alpha value is -1.69. The summed E-state index contributed by atoms with van der Waals surface area (Å²) in [4.78, 5) is 25.4.